The van der Waals surface area contributed by atoms with Crippen molar-refractivity contribution in [2.45, 2.75) is 67.0 Å². The third kappa shape index (κ3) is 6.04. The van der Waals surface area contributed by atoms with E-state index in [-0.39, 0.29) is 0 Å². The molecule has 0 fully saturated rings. The fourth-order valence-electron chi connectivity index (χ4n) is 2.50. The Hall–Kier alpha value is -1.09. The molecule has 3 nitrogen and oxygen atoms in total. The van der Waals surface area contributed by atoms with Crippen molar-refractivity contribution in [2.75, 3.05) is 18.0 Å². The van der Waals surface area contributed by atoms with Crippen LogP contribution in [0.3, 0.4) is 0 Å². The molecule has 120 valence electrons. The Bertz CT molecular complexity index is 413. The highest BCUT2D eigenvalue weighted by Gasteiger charge is 2.15. The monoisotopic (exact) mass is 291 g/mol. The Kier molecular flexibility index (Phi) is 7.73. The fourth-order valence-corrected chi connectivity index (χ4v) is 2.50. The number of nitrogens with zero attached hydrogens (tertiary/aromatic N) is 2. The van der Waals surface area contributed by atoms with E-state index in [1.807, 2.05) is 0 Å². The van der Waals surface area contributed by atoms with E-state index < -0.39 is 0 Å². The van der Waals surface area contributed by atoms with Crippen LogP contribution in [0.5, 0.6) is 0 Å². The van der Waals surface area contributed by atoms with Crippen LogP contribution < -0.4 is 10.2 Å². The zero-order valence-electron chi connectivity index (χ0n) is 14.7. The first kappa shape index (κ1) is 18.0. The summed E-state index contributed by atoms with van der Waals surface area (Å²) in [5, 5.41) is 3.42. The van der Waals surface area contributed by atoms with Crippen LogP contribution in [-0.2, 0) is 13.0 Å². The van der Waals surface area contributed by atoms with E-state index in [0.29, 0.717) is 12.0 Å². The van der Waals surface area contributed by atoms with Crippen molar-refractivity contribution in [3.8, 4) is 0 Å². The molecule has 0 aliphatic rings. The number of anilines is 1. The van der Waals surface area contributed by atoms with Crippen molar-refractivity contribution in [3.63, 3.8) is 0 Å². The summed E-state index contributed by atoms with van der Waals surface area (Å²) in [5.74, 6) is 1.78. The molecular formula is C18H33N3. The third-order valence-electron chi connectivity index (χ3n) is 3.49. The van der Waals surface area contributed by atoms with Gasteiger partial charge < -0.3 is 10.2 Å². The van der Waals surface area contributed by atoms with E-state index in [4.69, 9.17) is 4.98 Å². The van der Waals surface area contributed by atoms with Gasteiger partial charge in [0.2, 0.25) is 0 Å². The fraction of sp³-hybridized carbons (Fsp3) is 0.722. The second kappa shape index (κ2) is 9.04. The number of hydrogen-bond donors (Lipinski definition) is 1. The van der Waals surface area contributed by atoms with E-state index in [0.717, 1.165) is 38.3 Å². The smallest absolute Gasteiger partial charge is 0.129 e. The number of rotatable bonds is 9. The minimum Gasteiger partial charge on any atom is -0.354 e. The summed E-state index contributed by atoms with van der Waals surface area (Å²) >= 11 is 0. The number of pyridine rings is 1. The van der Waals surface area contributed by atoms with Gasteiger partial charge in [0.05, 0.1) is 0 Å². The summed E-state index contributed by atoms with van der Waals surface area (Å²) in [4.78, 5) is 7.33. The highest BCUT2D eigenvalue weighted by Crippen LogP contribution is 2.20. The van der Waals surface area contributed by atoms with Crippen LogP contribution >= 0.6 is 0 Å². The summed E-state index contributed by atoms with van der Waals surface area (Å²) < 4.78 is 0. The predicted octanol–water partition coefficient (Wildman–Crippen LogP) is 4.01. The minimum absolute atomic E-state index is 0.476. The number of nitrogens with one attached hydrogen (secondary N) is 1. The molecule has 0 unspecified atom stereocenters. The van der Waals surface area contributed by atoms with Crippen LogP contribution in [0.25, 0.3) is 0 Å². The molecule has 0 amide bonds. The normalized spacial score (nSPS) is 11.4. The molecule has 0 spiro atoms. The maximum Gasteiger partial charge on any atom is 0.129 e. The predicted molar refractivity (Wildman–Crippen MR) is 92.9 cm³/mol. The van der Waals surface area contributed by atoms with Crippen molar-refractivity contribution in [2.24, 2.45) is 5.92 Å². The zero-order valence-corrected chi connectivity index (χ0v) is 14.7. The van der Waals surface area contributed by atoms with Gasteiger partial charge >= 0.3 is 0 Å². The Morgan fingerprint density at radius 1 is 1.14 bits per heavy atom. The molecule has 21 heavy (non-hydrogen) atoms. The molecule has 0 bridgehead atoms. The number of aryl methyl sites for hydroxylation is 1. The molecule has 0 radical (unpaired) electrons. The van der Waals surface area contributed by atoms with Gasteiger partial charge in [0.25, 0.3) is 0 Å². The van der Waals surface area contributed by atoms with Crippen LogP contribution in [0.4, 0.5) is 5.82 Å². The quantitative estimate of drug-likeness (QED) is 0.745. The van der Waals surface area contributed by atoms with Crippen molar-refractivity contribution in [1.29, 1.82) is 0 Å². The molecule has 0 aliphatic carbocycles. The lowest BCUT2D eigenvalue weighted by Crippen LogP contribution is -2.35. The number of aromatic nitrogens is 1. The molecular weight excluding hydrogens is 258 g/mol. The third-order valence-corrected chi connectivity index (χ3v) is 3.49. The van der Waals surface area contributed by atoms with Gasteiger partial charge in [0.15, 0.2) is 0 Å². The SMILES string of the molecule is CCCc1cc(CNCC)cc(N(CC(C)C)C(C)C)n1. The van der Waals surface area contributed by atoms with Crippen LogP contribution in [0, 0.1) is 5.92 Å². The summed E-state index contributed by atoms with van der Waals surface area (Å²) in [6.07, 6.45) is 2.20. The Labute approximate surface area is 131 Å². The molecule has 0 aromatic carbocycles. The Morgan fingerprint density at radius 3 is 2.38 bits per heavy atom. The van der Waals surface area contributed by atoms with Crippen molar-refractivity contribution >= 4 is 5.82 Å². The van der Waals surface area contributed by atoms with E-state index in [2.05, 4.69) is 63.9 Å². The molecule has 0 saturated carbocycles. The molecule has 1 aromatic heterocycles. The number of hydrogen-bond acceptors (Lipinski definition) is 3. The Morgan fingerprint density at radius 2 is 1.86 bits per heavy atom. The molecule has 0 saturated heterocycles. The van der Waals surface area contributed by atoms with Gasteiger partial charge in [-0.1, -0.05) is 34.1 Å². The zero-order chi connectivity index (χ0) is 15.8. The second-order valence-corrected chi connectivity index (χ2v) is 6.50. The lowest BCUT2D eigenvalue weighted by atomic mass is 10.1. The van der Waals surface area contributed by atoms with Gasteiger partial charge in [0, 0.05) is 24.8 Å². The molecule has 1 rings (SSSR count). The largest absolute Gasteiger partial charge is 0.354 e. The minimum atomic E-state index is 0.476. The van der Waals surface area contributed by atoms with E-state index >= 15 is 0 Å². The van der Waals surface area contributed by atoms with Crippen LogP contribution in [0.1, 0.15) is 59.2 Å². The highest BCUT2D eigenvalue weighted by molar-refractivity contribution is 5.44. The van der Waals surface area contributed by atoms with Crippen LogP contribution in [0.2, 0.25) is 0 Å². The van der Waals surface area contributed by atoms with E-state index in [1.54, 1.807) is 0 Å². The van der Waals surface area contributed by atoms with Gasteiger partial charge in [-0.3, -0.25) is 0 Å². The highest BCUT2D eigenvalue weighted by atomic mass is 15.2. The maximum absolute atomic E-state index is 4.90. The van der Waals surface area contributed by atoms with Crippen LogP contribution in [0.15, 0.2) is 12.1 Å². The molecule has 3 heteroatoms. The van der Waals surface area contributed by atoms with Gasteiger partial charge in [-0.15, -0.1) is 0 Å². The molecule has 1 aromatic rings. The van der Waals surface area contributed by atoms with E-state index in [1.165, 1.54) is 11.3 Å². The van der Waals surface area contributed by atoms with Crippen molar-refractivity contribution in [3.05, 3.63) is 23.4 Å². The molecule has 1 N–H and O–H groups in total. The summed E-state index contributed by atoms with van der Waals surface area (Å²) in [7, 11) is 0. The van der Waals surface area contributed by atoms with Crippen molar-refractivity contribution < 1.29 is 0 Å². The first-order chi connectivity index (χ1) is 9.97. The Balaban J connectivity index is 3.08. The maximum atomic E-state index is 4.90. The summed E-state index contributed by atoms with van der Waals surface area (Å²) in [5.41, 5.74) is 2.57. The second-order valence-electron chi connectivity index (χ2n) is 6.50. The van der Waals surface area contributed by atoms with Gasteiger partial charge in [-0.05, 0) is 50.4 Å². The lowest BCUT2D eigenvalue weighted by molar-refractivity contribution is 0.564. The van der Waals surface area contributed by atoms with Gasteiger partial charge in [-0.25, -0.2) is 4.98 Å². The average Bonchev–Trinajstić information content (AvgIpc) is 2.42. The standard InChI is InChI=1S/C18H33N3/c1-7-9-17-10-16(12-19-8-2)11-18(20-17)21(15(5)6)13-14(3)4/h10-11,14-15,19H,7-9,12-13H2,1-6H3. The molecule has 0 aliphatic heterocycles. The van der Waals surface area contributed by atoms with E-state index in [9.17, 15) is 0 Å². The summed E-state index contributed by atoms with van der Waals surface area (Å²) in [6, 6.07) is 4.98. The average molecular weight is 291 g/mol. The first-order valence-corrected chi connectivity index (χ1v) is 8.45. The van der Waals surface area contributed by atoms with Gasteiger partial charge in [-0.2, -0.15) is 0 Å². The van der Waals surface area contributed by atoms with Crippen molar-refractivity contribution in [1.82, 2.24) is 10.3 Å². The molecule has 0 atom stereocenters. The van der Waals surface area contributed by atoms with Crippen LogP contribution in [-0.4, -0.2) is 24.1 Å². The molecule has 1 heterocycles. The lowest BCUT2D eigenvalue weighted by Gasteiger charge is -2.30. The topological polar surface area (TPSA) is 28.2 Å². The van der Waals surface area contributed by atoms with Gasteiger partial charge in [0.1, 0.15) is 5.82 Å². The first-order valence-electron chi connectivity index (χ1n) is 8.45. The summed E-state index contributed by atoms with van der Waals surface area (Å²) in [6.45, 7) is 16.4.